The summed E-state index contributed by atoms with van der Waals surface area (Å²) in [5.74, 6) is 0. The highest BCUT2D eigenvalue weighted by molar-refractivity contribution is 4.56. The fourth-order valence-electron chi connectivity index (χ4n) is 1.21. The van der Waals surface area contributed by atoms with Crippen molar-refractivity contribution in [2.75, 3.05) is 33.4 Å². The van der Waals surface area contributed by atoms with E-state index in [1.54, 1.807) is 7.11 Å². The van der Waals surface area contributed by atoms with Gasteiger partial charge < -0.3 is 4.74 Å². The molecule has 1 rings (SSSR count). The standard InChI is InChI=1S/C8H17NO2/c1-10-7-4-8-11-9-5-2-3-6-9/h2-8H2,1H3. The van der Waals surface area contributed by atoms with Crippen LogP contribution >= 0.6 is 0 Å². The molecule has 0 saturated carbocycles. The van der Waals surface area contributed by atoms with Crippen LogP contribution < -0.4 is 0 Å². The van der Waals surface area contributed by atoms with E-state index in [9.17, 15) is 0 Å². The lowest BCUT2D eigenvalue weighted by molar-refractivity contribution is -0.145. The molecule has 3 nitrogen and oxygen atoms in total. The molecule has 0 aromatic carbocycles. The first-order valence-corrected chi connectivity index (χ1v) is 4.30. The van der Waals surface area contributed by atoms with Crippen LogP contribution in [0.1, 0.15) is 19.3 Å². The van der Waals surface area contributed by atoms with Gasteiger partial charge in [0.15, 0.2) is 0 Å². The van der Waals surface area contributed by atoms with Gasteiger partial charge in [-0.2, -0.15) is 5.06 Å². The molecule has 66 valence electrons. The number of ether oxygens (including phenoxy) is 1. The second-order valence-corrected chi connectivity index (χ2v) is 2.82. The molecule has 1 heterocycles. The second kappa shape index (κ2) is 5.52. The van der Waals surface area contributed by atoms with E-state index in [1.807, 2.05) is 0 Å². The maximum absolute atomic E-state index is 5.46. The van der Waals surface area contributed by atoms with Crippen LogP contribution in [0, 0.1) is 0 Å². The van der Waals surface area contributed by atoms with E-state index in [-0.39, 0.29) is 0 Å². The van der Waals surface area contributed by atoms with Crippen LogP contribution in [-0.2, 0) is 9.57 Å². The Hall–Kier alpha value is -0.120. The van der Waals surface area contributed by atoms with Crippen LogP contribution in [0.4, 0.5) is 0 Å². The predicted molar refractivity (Wildman–Crippen MR) is 43.3 cm³/mol. The Morgan fingerprint density at radius 3 is 2.55 bits per heavy atom. The molecule has 0 unspecified atom stereocenters. The number of nitrogens with zero attached hydrogens (tertiary/aromatic N) is 1. The van der Waals surface area contributed by atoms with Gasteiger partial charge in [0, 0.05) is 26.8 Å². The van der Waals surface area contributed by atoms with Crippen molar-refractivity contribution < 1.29 is 9.57 Å². The molecular weight excluding hydrogens is 142 g/mol. The summed E-state index contributed by atoms with van der Waals surface area (Å²) in [6.07, 6.45) is 3.56. The van der Waals surface area contributed by atoms with Crippen LogP contribution in [-0.4, -0.2) is 38.5 Å². The SMILES string of the molecule is COCCCON1CCCC1. The van der Waals surface area contributed by atoms with Crippen molar-refractivity contribution in [2.24, 2.45) is 0 Å². The summed E-state index contributed by atoms with van der Waals surface area (Å²) in [7, 11) is 1.72. The summed E-state index contributed by atoms with van der Waals surface area (Å²) in [6, 6.07) is 0. The average molecular weight is 159 g/mol. The van der Waals surface area contributed by atoms with E-state index in [1.165, 1.54) is 12.8 Å². The Balaban J connectivity index is 1.86. The molecule has 0 atom stereocenters. The average Bonchev–Trinajstić information content (AvgIpc) is 2.50. The molecule has 0 aliphatic carbocycles. The van der Waals surface area contributed by atoms with Crippen LogP contribution in [0.15, 0.2) is 0 Å². The number of methoxy groups -OCH3 is 1. The van der Waals surface area contributed by atoms with Gasteiger partial charge in [0.05, 0.1) is 6.61 Å². The molecule has 11 heavy (non-hydrogen) atoms. The van der Waals surface area contributed by atoms with Gasteiger partial charge in [-0.05, 0) is 19.3 Å². The molecule has 0 aromatic heterocycles. The summed E-state index contributed by atoms with van der Waals surface area (Å²) in [5, 5.41) is 2.05. The van der Waals surface area contributed by atoms with E-state index in [2.05, 4.69) is 5.06 Å². The third-order valence-electron chi connectivity index (χ3n) is 1.83. The van der Waals surface area contributed by atoms with E-state index in [0.29, 0.717) is 0 Å². The van der Waals surface area contributed by atoms with Crippen molar-refractivity contribution in [2.45, 2.75) is 19.3 Å². The molecule has 0 amide bonds. The molecule has 0 bridgehead atoms. The van der Waals surface area contributed by atoms with Gasteiger partial charge >= 0.3 is 0 Å². The van der Waals surface area contributed by atoms with Gasteiger partial charge in [-0.3, -0.25) is 4.84 Å². The number of hydrogen-bond donors (Lipinski definition) is 0. The minimum atomic E-state index is 0.799. The fourth-order valence-corrected chi connectivity index (χ4v) is 1.21. The zero-order valence-electron chi connectivity index (χ0n) is 7.21. The van der Waals surface area contributed by atoms with Gasteiger partial charge in [-0.25, -0.2) is 0 Å². The summed E-state index contributed by atoms with van der Waals surface area (Å²) >= 11 is 0. The third kappa shape index (κ3) is 3.70. The number of hydroxylamine groups is 2. The minimum absolute atomic E-state index is 0.799. The van der Waals surface area contributed by atoms with Gasteiger partial charge in [0.25, 0.3) is 0 Å². The normalized spacial score (nSPS) is 19.4. The van der Waals surface area contributed by atoms with Gasteiger partial charge in [0.2, 0.25) is 0 Å². The smallest absolute Gasteiger partial charge is 0.0707 e. The lowest BCUT2D eigenvalue weighted by Crippen LogP contribution is -2.20. The number of hydrogen-bond acceptors (Lipinski definition) is 3. The molecule has 0 spiro atoms. The summed E-state index contributed by atoms with van der Waals surface area (Å²) < 4.78 is 4.91. The van der Waals surface area contributed by atoms with Gasteiger partial charge in [-0.15, -0.1) is 0 Å². The zero-order valence-corrected chi connectivity index (χ0v) is 7.21. The summed E-state index contributed by atoms with van der Waals surface area (Å²) in [4.78, 5) is 5.46. The van der Waals surface area contributed by atoms with Crippen molar-refractivity contribution in [1.82, 2.24) is 5.06 Å². The fraction of sp³-hybridized carbons (Fsp3) is 1.00. The molecule has 1 fully saturated rings. The maximum atomic E-state index is 5.46. The molecule has 1 saturated heterocycles. The topological polar surface area (TPSA) is 21.7 Å². The Labute approximate surface area is 68.2 Å². The highest BCUT2D eigenvalue weighted by Gasteiger charge is 2.10. The minimum Gasteiger partial charge on any atom is -0.385 e. The Kier molecular flexibility index (Phi) is 4.50. The zero-order chi connectivity index (χ0) is 7.94. The van der Waals surface area contributed by atoms with E-state index < -0.39 is 0 Å². The molecular formula is C8H17NO2. The predicted octanol–water partition coefficient (Wildman–Crippen LogP) is 1.05. The van der Waals surface area contributed by atoms with Crippen molar-refractivity contribution in [3.8, 4) is 0 Å². The van der Waals surface area contributed by atoms with Gasteiger partial charge in [-0.1, -0.05) is 0 Å². The first kappa shape index (κ1) is 8.97. The molecule has 0 N–H and O–H groups in total. The molecule has 0 aromatic rings. The van der Waals surface area contributed by atoms with Crippen LogP contribution in [0.3, 0.4) is 0 Å². The first-order valence-electron chi connectivity index (χ1n) is 4.30. The van der Waals surface area contributed by atoms with E-state index in [0.717, 1.165) is 32.7 Å². The maximum Gasteiger partial charge on any atom is 0.0707 e. The monoisotopic (exact) mass is 159 g/mol. The highest BCUT2D eigenvalue weighted by atomic mass is 16.7. The lowest BCUT2D eigenvalue weighted by Gasteiger charge is -2.13. The van der Waals surface area contributed by atoms with Crippen LogP contribution in [0.25, 0.3) is 0 Å². The van der Waals surface area contributed by atoms with Crippen molar-refractivity contribution in [3.05, 3.63) is 0 Å². The first-order chi connectivity index (χ1) is 5.43. The largest absolute Gasteiger partial charge is 0.385 e. The Bertz CT molecular complexity index is 92.1. The molecule has 1 aliphatic heterocycles. The van der Waals surface area contributed by atoms with Gasteiger partial charge in [0.1, 0.15) is 0 Å². The molecule has 1 aliphatic rings. The number of rotatable bonds is 5. The highest BCUT2D eigenvalue weighted by Crippen LogP contribution is 2.07. The molecule has 0 radical (unpaired) electrons. The quantitative estimate of drug-likeness (QED) is 0.560. The Morgan fingerprint density at radius 2 is 1.91 bits per heavy atom. The van der Waals surface area contributed by atoms with Crippen LogP contribution in [0.5, 0.6) is 0 Å². The second-order valence-electron chi connectivity index (χ2n) is 2.82. The lowest BCUT2D eigenvalue weighted by atomic mass is 10.4. The van der Waals surface area contributed by atoms with E-state index >= 15 is 0 Å². The molecule has 3 heteroatoms. The Morgan fingerprint density at radius 1 is 1.18 bits per heavy atom. The van der Waals surface area contributed by atoms with Crippen LogP contribution in [0.2, 0.25) is 0 Å². The summed E-state index contributed by atoms with van der Waals surface area (Å²) in [5.41, 5.74) is 0. The van der Waals surface area contributed by atoms with Crippen molar-refractivity contribution in [3.63, 3.8) is 0 Å². The van der Waals surface area contributed by atoms with Crippen molar-refractivity contribution >= 4 is 0 Å². The summed E-state index contributed by atoms with van der Waals surface area (Å²) in [6.45, 7) is 3.81. The van der Waals surface area contributed by atoms with Crippen molar-refractivity contribution in [1.29, 1.82) is 0 Å². The third-order valence-corrected chi connectivity index (χ3v) is 1.83. The van der Waals surface area contributed by atoms with E-state index in [4.69, 9.17) is 9.57 Å².